The summed E-state index contributed by atoms with van der Waals surface area (Å²) >= 11 is 0. The fraction of sp³-hybridized carbons (Fsp3) is 0.294. The third-order valence-electron chi connectivity index (χ3n) is 9.37. The molecule has 7 rings (SSSR count). The molecule has 1 fully saturated rings. The SMILES string of the molecule is C[C@H]1[C@H]([Si](C)(C)F)[C@@H](CCO)O[C@]12C(=O)N(Cc1ccc(N3C(=O)c4cccc5cccc3c45)cc1)c1ccccc12. The number of ether oxygens (including phenoxy) is 1. The van der Waals surface area contributed by atoms with Crippen LogP contribution in [0.25, 0.3) is 10.8 Å². The van der Waals surface area contributed by atoms with Gasteiger partial charge in [-0.15, -0.1) is 0 Å². The van der Waals surface area contributed by atoms with Crippen LogP contribution in [0.1, 0.15) is 34.8 Å². The summed E-state index contributed by atoms with van der Waals surface area (Å²) in [6, 6.07) is 27.1. The Morgan fingerprint density at radius 2 is 1.62 bits per heavy atom. The van der Waals surface area contributed by atoms with E-state index in [2.05, 4.69) is 0 Å². The van der Waals surface area contributed by atoms with Crippen molar-refractivity contribution in [3.05, 3.63) is 102 Å². The number of amides is 2. The van der Waals surface area contributed by atoms with Crippen molar-refractivity contribution in [2.24, 2.45) is 5.92 Å². The number of nitrogens with zero attached hydrogens (tertiary/aromatic N) is 2. The smallest absolute Gasteiger partial charge is 0.264 e. The lowest BCUT2D eigenvalue weighted by atomic mass is 9.82. The average Bonchev–Trinajstić information content (AvgIpc) is 3.52. The fourth-order valence-corrected chi connectivity index (χ4v) is 10.2. The second-order valence-electron chi connectivity index (χ2n) is 12.2. The summed E-state index contributed by atoms with van der Waals surface area (Å²) in [5.74, 6) is -0.632. The first kappa shape index (κ1) is 27.0. The number of halogens is 1. The van der Waals surface area contributed by atoms with Gasteiger partial charge in [0.15, 0.2) is 5.60 Å². The molecule has 0 aromatic heterocycles. The van der Waals surface area contributed by atoms with Gasteiger partial charge in [-0.25, -0.2) is 0 Å². The van der Waals surface area contributed by atoms with E-state index < -0.39 is 25.7 Å². The molecule has 1 N–H and O–H groups in total. The number of fused-ring (bicyclic) bond motifs is 2. The number of carbonyl (C=O) groups is 2. The summed E-state index contributed by atoms with van der Waals surface area (Å²) in [6.07, 6.45) is -0.236. The standard InChI is InChI=1S/C34H33FN2O4Si/c1-21-31(42(2,3)35)29(18-19-38)41-34(21)26-11-4-5-12-27(26)36(33(34)40)20-22-14-16-24(17-15-22)37-28-13-7-9-23-8-6-10-25(30(23)28)32(37)39/h4-17,21,29,31,38H,18-20H2,1-3H3/t21-,29+,31-,34+/m0/s1. The van der Waals surface area contributed by atoms with Gasteiger partial charge in [0.1, 0.15) is 0 Å². The van der Waals surface area contributed by atoms with Crippen LogP contribution in [-0.4, -0.2) is 38.0 Å². The second kappa shape index (κ2) is 9.59. The summed E-state index contributed by atoms with van der Waals surface area (Å²) in [5, 5.41) is 11.7. The third-order valence-corrected chi connectivity index (χ3v) is 11.8. The molecule has 1 spiro atoms. The number of rotatable bonds is 6. The average molecular weight is 581 g/mol. The highest BCUT2D eigenvalue weighted by atomic mass is 28.4. The van der Waals surface area contributed by atoms with E-state index in [1.807, 2.05) is 91.9 Å². The van der Waals surface area contributed by atoms with Crippen LogP contribution in [0.5, 0.6) is 0 Å². The topological polar surface area (TPSA) is 70.1 Å². The molecule has 42 heavy (non-hydrogen) atoms. The first-order chi connectivity index (χ1) is 20.2. The molecule has 8 heteroatoms. The molecule has 0 unspecified atom stereocenters. The van der Waals surface area contributed by atoms with Crippen molar-refractivity contribution in [2.75, 3.05) is 16.4 Å². The zero-order chi connectivity index (χ0) is 29.4. The lowest BCUT2D eigenvalue weighted by molar-refractivity contribution is -0.146. The van der Waals surface area contributed by atoms with Crippen LogP contribution in [0.2, 0.25) is 18.6 Å². The molecule has 4 atom stereocenters. The minimum Gasteiger partial charge on any atom is -0.396 e. The van der Waals surface area contributed by atoms with Crippen molar-refractivity contribution in [1.82, 2.24) is 0 Å². The Hall–Kier alpha value is -3.85. The van der Waals surface area contributed by atoms with Crippen molar-refractivity contribution >= 4 is 48.1 Å². The summed E-state index contributed by atoms with van der Waals surface area (Å²) in [6.45, 7) is 5.43. The number of para-hydroxylation sites is 1. The Labute approximate surface area is 245 Å². The van der Waals surface area contributed by atoms with Crippen LogP contribution in [-0.2, 0) is 21.7 Å². The fourth-order valence-electron chi connectivity index (χ4n) is 7.66. The molecule has 4 aromatic rings. The van der Waals surface area contributed by atoms with E-state index in [4.69, 9.17) is 4.74 Å². The normalized spacial score (nSPS) is 24.8. The number of carbonyl (C=O) groups excluding carboxylic acids is 2. The molecule has 4 aromatic carbocycles. The monoisotopic (exact) mass is 580 g/mol. The Morgan fingerprint density at radius 3 is 2.33 bits per heavy atom. The highest BCUT2D eigenvalue weighted by Crippen LogP contribution is 2.60. The summed E-state index contributed by atoms with van der Waals surface area (Å²) in [5.41, 5.74) is 3.03. The zero-order valence-electron chi connectivity index (χ0n) is 23.9. The molecule has 0 radical (unpaired) electrons. The number of anilines is 3. The summed E-state index contributed by atoms with van der Waals surface area (Å²) in [7, 11) is -3.23. The number of hydrogen-bond donors (Lipinski definition) is 1. The van der Waals surface area contributed by atoms with Gasteiger partial charge in [-0.3, -0.25) is 14.5 Å². The van der Waals surface area contributed by atoms with Crippen LogP contribution in [0.4, 0.5) is 21.2 Å². The van der Waals surface area contributed by atoms with Gasteiger partial charge in [0.05, 0.1) is 29.6 Å². The van der Waals surface area contributed by atoms with E-state index >= 15 is 4.11 Å². The number of aliphatic hydroxyl groups is 1. The molecule has 3 heterocycles. The number of aliphatic hydroxyl groups excluding tert-OH is 1. The molecular weight excluding hydrogens is 547 g/mol. The van der Waals surface area contributed by atoms with Crippen LogP contribution in [0, 0.1) is 5.92 Å². The highest BCUT2D eigenvalue weighted by molar-refractivity contribution is 6.72. The Morgan fingerprint density at radius 1 is 0.929 bits per heavy atom. The number of benzene rings is 4. The molecular formula is C34H33FN2O4Si. The first-order valence-electron chi connectivity index (χ1n) is 14.5. The Kier molecular flexibility index (Phi) is 6.17. The van der Waals surface area contributed by atoms with Gasteiger partial charge in [0.2, 0.25) is 8.41 Å². The van der Waals surface area contributed by atoms with Gasteiger partial charge < -0.3 is 18.9 Å². The highest BCUT2D eigenvalue weighted by Gasteiger charge is 2.66. The summed E-state index contributed by atoms with van der Waals surface area (Å²) < 4.78 is 22.2. The van der Waals surface area contributed by atoms with Gasteiger partial charge in [0, 0.05) is 34.7 Å². The predicted molar refractivity (Wildman–Crippen MR) is 164 cm³/mol. The van der Waals surface area contributed by atoms with E-state index in [9.17, 15) is 14.7 Å². The molecule has 6 nitrogen and oxygen atoms in total. The molecule has 0 aliphatic carbocycles. The van der Waals surface area contributed by atoms with Crippen LogP contribution >= 0.6 is 0 Å². The molecule has 3 aliphatic rings. The first-order valence-corrected chi connectivity index (χ1v) is 17.5. The van der Waals surface area contributed by atoms with Gasteiger partial charge in [-0.2, -0.15) is 0 Å². The van der Waals surface area contributed by atoms with Crippen LogP contribution < -0.4 is 9.80 Å². The van der Waals surface area contributed by atoms with Gasteiger partial charge in [0.25, 0.3) is 11.8 Å². The predicted octanol–water partition coefficient (Wildman–Crippen LogP) is 6.84. The molecule has 1 saturated heterocycles. The molecule has 0 bridgehead atoms. The van der Waals surface area contributed by atoms with Crippen LogP contribution in [0.15, 0.2) is 84.9 Å². The third kappa shape index (κ3) is 3.75. The Balaban J connectivity index is 1.21. The minimum absolute atomic E-state index is 0.0566. The van der Waals surface area contributed by atoms with E-state index in [1.54, 1.807) is 22.9 Å². The molecule has 214 valence electrons. The van der Waals surface area contributed by atoms with Crippen molar-refractivity contribution in [3.63, 3.8) is 0 Å². The van der Waals surface area contributed by atoms with E-state index in [-0.39, 0.29) is 24.3 Å². The van der Waals surface area contributed by atoms with E-state index in [0.717, 1.165) is 39.0 Å². The molecule has 2 amide bonds. The van der Waals surface area contributed by atoms with Crippen molar-refractivity contribution in [3.8, 4) is 0 Å². The van der Waals surface area contributed by atoms with E-state index in [0.29, 0.717) is 18.5 Å². The second-order valence-corrected chi connectivity index (χ2v) is 16.0. The maximum absolute atomic E-state index is 15.7. The number of hydrogen-bond acceptors (Lipinski definition) is 4. The quantitative estimate of drug-likeness (QED) is 0.200. The van der Waals surface area contributed by atoms with Gasteiger partial charge in [-0.05, 0) is 60.8 Å². The molecule has 3 aliphatic heterocycles. The van der Waals surface area contributed by atoms with E-state index in [1.165, 1.54) is 0 Å². The maximum atomic E-state index is 15.7. The largest absolute Gasteiger partial charge is 0.396 e. The van der Waals surface area contributed by atoms with Gasteiger partial charge in [-0.1, -0.05) is 61.5 Å². The van der Waals surface area contributed by atoms with Crippen molar-refractivity contribution < 1.29 is 23.5 Å². The Bertz CT molecular complexity index is 1730. The van der Waals surface area contributed by atoms with Crippen molar-refractivity contribution in [2.45, 2.75) is 50.2 Å². The lowest BCUT2D eigenvalue weighted by Gasteiger charge is -2.31. The lowest BCUT2D eigenvalue weighted by Crippen LogP contribution is -2.45. The molecule has 0 saturated carbocycles. The van der Waals surface area contributed by atoms with Crippen LogP contribution in [0.3, 0.4) is 0 Å². The van der Waals surface area contributed by atoms with Gasteiger partial charge >= 0.3 is 0 Å². The maximum Gasteiger partial charge on any atom is 0.264 e. The zero-order valence-corrected chi connectivity index (χ0v) is 24.9. The van der Waals surface area contributed by atoms with Crippen molar-refractivity contribution in [1.29, 1.82) is 0 Å². The summed E-state index contributed by atoms with van der Waals surface area (Å²) in [4.78, 5) is 31.2. The minimum atomic E-state index is -3.23.